The maximum atomic E-state index is 12.0. The molecule has 0 saturated heterocycles. The Labute approximate surface area is 91.6 Å². The monoisotopic (exact) mass is 224 g/mol. The summed E-state index contributed by atoms with van der Waals surface area (Å²) in [6.07, 6.45) is 1.77. The zero-order valence-electron chi connectivity index (χ0n) is 9.27. The van der Waals surface area contributed by atoms with Crippen LogP contribution in [0.15, 0.2) is 46.9 Å². The molecule has 0 N–H and O–H groups in total. The number of hydrogen-bond acceptors (Lipinski definition) is 2. The van der Waals surface area contributed by atoms with E-state index in [1.54, 1.807) is 37.3 Å². The first-order valence-electron chi connectivity index (χ1n) is 4.88. The third-order valence-electron chi connectivity index (χ3n) is 2.13. The van der Waals surface area contributed by atoms with Crippen molar-refractivity contribution in [3.63, 3.8) is 0 Å². The first kappa shape index (κ1) is 12.0. The molecule has 1 aromatic rings. The topological polar surface area (TPSA) is 34.1 Å². The van der Waals surface area contributed by atoms with E-state index in [0.717, 1.165) is 5.57 Å². The van der Waals surface area contributed by atoms with Crippen molar-refractivity contribution in [2.24, 2.45) is 0 Å². The number of allylic oxidation sites excluding steroid dienone is 1. The van der Waals surface area contributed by atoms with Crippen LogP contribution in [0.2, 0.25) is 0 Å². The molecule has 0 aliphatic heterocycles. The van der Waals surface area contributed by atoms with Crippen molar-refractivity contribution in [1.82, 2.24) is 0 Å². The van der Waals surface area contributed by atoms with Crippen molar-refractivity contribution < 1.29 is 8.42 Å². The largest absolute Gasteiger partial charge is 0.223 e. The van der Waals surface area contributed by atoms with E-state index in [-0.39, 0.29) is 0 Å². The van der Waals surface area contributed by atoms with Crippen LogP contribution in [0.25, 0.3) is 0 Å². The van der Waals surface area contributed by atoms with Crippen LogP contribution >= 0.6 is 0 Å². The SMILES string of the molecule is CC(C)=CC(C)S(=O)(=O)c1ccccc1. The fourth-order valence-electron chi connectivity index (χ4n) is 1.38. The van der Waals surface area contributed by atoms with Gasteiger partial charge in [0.15, 0.2) is 9.84 Å². The van der Waals surface area contributed by atoms with Crippen molar-refractivity contribution >= 4 is 9.84 Å². The normalized spacial score (nSPS) is 13.3. The van der Waals surface area contributed by atoms with Crippen LogP contribution in [-0.4, -0.2) is 13.7 Å². The molecule has 0 aliphatic carbocycles. The van der Waals surface area contributed by atoms with Gasteiger partial charge < -0.3 is 0 Å². The lowest BCUT2D eigenvalue weighted by molar-refractivity contribution is 0.591. The van der Waals surface area contributed by atoms with Gasteiger partial charge in [0, 0.05) is 0 Å². The van der Waals surface area contributed by atoms with Crippen LogP contribution in [0.5, 0.6) is 0 Å². The van der Waals surface area contributed by atoms with E-state index in [2.05, 4.69) is 0 Å². The number of rotatable bonds is 3. The Morgan fingerprint density at radius 3 is 2.20 bits per heavy atom. The smallest absolute Gasteiger partial charge is 0.184 e. The van der Waals surface area contributed by atoms with Gasteiger partial charge in [0.1, 0.15) is 0 Å². The standard InChI is InChI=1S/C12H16O2S/c1-10(2)9-11(3)15(13,14)12-7-5-4-6-8-12/h4-9,11H,1-3H3. The second kappa shape index (κ2) is 4.62. The van der Waals surface area contributed by atoms with Crippen LogP contribution in [0.4, 0.5) is 0 Å². The van der Waals surface area contributed by atoms with E-state index >= 15 is 0 Å². The zero-order chi connectivity index (χ0) is 11.5. The Morgan fingerprint density at radius 2 is 1.73 bits per heavy atom. The molecule has 2 nitrogen and oxygen atoms in total. The number of hydrogen-bond donors (Lipinski definition) is 0. The van der Waals surface area contributed by atoms with Gasteiger partial charge in [-0.1, -0.05) is 29.8 Å². The molecule has 0 aliphatic rings. The fraction of sp³-hybridized carbons (Fsp3) is 0.333. The zero-order valence-corrected chi connectivity index (χ0v) is 10.1. The van der Waals surface area contributed by atoms with Gasteiger partial charge in [-0.15, -0.1) is 0 Å². The minimum atomic E-state index is -3.21. The molecule has 0 fully saturated rings. The molecule has 0 heterocycles. The Hall–Kier alpha value is -1.09. The van der Waals surface area contributed by atoms with E-state index in [1.807, 2.05) is 19.9 Å². The molecule has 0 spiro atoms. The van der Waals surface area contributed by atoms with Crippen molar-refractivity contribution in [1.29, 1.82) is 0 Å². The van der Waals surface area contributed by atoms with E-state index in [0.29, 0.717) is 4.90 Å². The summed E-state index contributed by atoms with van der Waals surface area (Å²) < 4.78 is 24.0. The minimum Gasteiger partial charge on any atom is -0.223 e. The van der Waals surface area contributed by atoms with Crippen LogP contribution < -0.4 is 0 Å². The number of sulfone groups is 1. The van der Waals surface area contributed by atoms with Gasteiger partial charge in [-0.2, -0.15) is 0 Å². The fourth-order valence-corrected chi connectivity index (χ4v) is 2.80. The first-order chi connectivity index (χ1) is 6.94. The maximum Gasteiger partial charge on any atom is 0.184 e. The third-order valence-corrected chi connectivity index (χ3v) is 4.17. The summed E-state index contributed by atoms with van der Waals surface area (Å²) in [4.78, 5) is 0.384. The van der Waals surface area contributed by atoms with Crippen LogP contribution in [0.3, 0.4) is 0 Å². The van der Waals surface area contributed by atoms with Crippen molar-refractivity contribution in [3.8, 4) is 0 Å². The van der Waals surface area contributed by atoms with Gasteiger partial charge >= 0.3 is 0 Å². The van der Waals surface area contributed by atoms with Crippen LogP contribution in [0, 0.1) is 0 Å². The molecular formula is C12H16O2S. The summed E-state index contributed by atoms with van der Waals surface area (Å²) in [5.41, 5.74) is 1.02. The lowest BCUT2D eigenvalue weighted by atomic mass is 10.3. The summed E-state index contributed by atoms with van der Waals surface area (Å²) >= 11 is 0. The van der Waals surface area contributed by atoms with Gasteiger partial charge in [-0.05, 0) is 32.9 Å². The third kappa shape index (κ3) is 2.93. The average Bonchev–Trinajstić information content (AvgIpc) is 2.18. The summed E-state index contributed by atoms with van der Waals surface area (Å²) in [6.45, 7) is 5.50. The van der Waals surface area contributed by atoms with Gasteiger partial charge in [0.25, 0.3) is 0 Å². The molecule has 0 saturated carbocycles. The highest BCUT2D eigenvalue weighted by Gasteiger charge is 2.20. The second-order valence-corrected chi connectivity index (χ2v) is 6.11. The van der Waals surface area contributed by atoms with Crippen molar-refractivity contribution in [2.45, 2.75) is 30.9 Å². The molecular weight excluding hydrogens is 208 g/mol. The average molecular weight is 224 g/mol. The molecule has 1 aromatic carbocycles. The lowest BCUT2D eigenvalue weighted by Gasteiger charge is -2.09. The molecule has 0 bridgehead atoms. The molecule has 1 atom stereocenters. The van der Waals surface area contributed by atoms with Gasteiger partial charge in [0.2, 0.25) is 0 Å². The van der Waals surface area contributed by atoms with E-state index in [9.17, 15) is 8.42 Å². The van der Waals surface area contributed by atoms with Gasteiger partial charge in [-0.25, -0.2) is 8.42 Å². The van der Waals surface area contributed by atoms with E-state index < -0.39 is 15.1 Å². The highest BCUT2D eigenvalue weighted by molar-refractivity contribution is 7.92. The predicted octanol–water partition coefficient (Wildman–Crippen LogP) is 2.82. The Morgan fingerprint density at radius 1 is 1.20 bits per heavy atom. The van der Waals surface area contributed by atoms with Gasteiger partial charge in [0.05, 0.1) is 10.1 Å². The molecule has 15 heavy (non-hydrogen) atoms. The Balaban J connectivity index is 3.10. The molecule has 82 valence electrons. The summed E-state index contributed by atoms with van der Waals surface area (Å²) in [6, 6.07) is 8.55. The highest BCUT2D eigenvalue weighted by atomic mass is 32.2. The summed E-state index contributed by atoms with van der Waals surface area (Å²) in [5, 5.41) is -0.468. The Kier molecular flexibility index (Phi) is 3.69. The van der Waals surface area contributed by atoms with E-state index in [4.69, 9.17) is 0 Å². The highest BCUT2D eigenvalue weighted by Crippen LogP contribution is 2.17. The van der Waals surface area contributed by atoms with Crippen molar-refractivity contribution in [3.05, 3.63) is 42.0 Å². The molecule has 3 heteroatoms. The molecule has 1 rings (SSSR count). The molecule has 1 unspecified atom stereocenters. The van der Waals surface area contributed by atoms with Crippen LogP contribution in [-0.2, 0) is 9.84 Å². The minimum absolute atomic E-state index is 0.384. The lowest BCUT2D eigenvalue weighted by Crippen LogP contribution is -2.15. The molecule has 0 radical (unpaired) electrons. The number of benzene rings is 1. The van der Waals surface area contributed by atoms with Crippen molar-refractivity contribution in [2.75, 3.05) is 0 Å². The summed E-state index contributed by atoms with van der Waals surface area (Å²) in [5.74, 6) is 0. The molecule has 0 aromatic heterocycles. The maximum absolute atomic E-state index is 12.0. The first-order valence-corrected chi connectivity index (χ1v) is 6.43. The Bertz CT molecular complexity index is 440. The quantitative estimate of drug-likeness (QED) is 0.740. The summed E-state index contributed by atoms with van der Waals surface area (Å²) in [7, 11) is -3.21. The predicted molar refractivity (Wildman–Crippen MR) is 62.5 cm³/mol. The second-order valence-electron chi connectivity index (χ2n) is 3.81. The van der Waals surface area contributed by atoms with Crippen LogP contribution in [0.1, 0.15) is 20.8 Å². The van der Waals surface area contributed by atoms with E-state index in [1.165, 1.54) is 0 Å². The molecule has 0 amide bonds. The van der Waals surface area contributed by atoms with Gasteiger partial charge in [-0.3, -0.25) is 0 Å².